The van der Waals surface area contributed by atoms with E-state index < -0.39 is 0 Å². The number of rotatable bonds is 5. The van der Waals surface area contributed by atoms with Gasteiger partial charge < -0.3 is 10.0 Å². The number of nitrogens with zero attached hydrogens (tertiary/aromatic N) is 2. The number of aromatic nitrogens is 1. The topological polar surface area (TPSA) is 36.4 Å². The Labute approximate surface area is 110 Å². The van der Waals surface area contributed by atoms with Crippen LogP contribution in [0.3, 0.4) is 0 Å². The Kier molecular flexibility index (Phi) is 4.23. The van der Waals surface area contributed by atoms with Crippen LogP contribution in [0.1, 0.15) is 43.0 Å². The monoisotopic (exact) mass is 248 g/mol. The third-order valence-corrected chi connectivity index (χ3v) is 4.00. The van der Waals surface area contributed by atoms with Crippen LogP contribution in [0.5, 0.6) is 0 Å². The summed E-state index contributed by atoms with van der Waals surface area (Å²) in [6.07, 6.45) is 4.06. The van der Waals surface area contributed by atoms with E-state index in [-0.39, 0.29) is 6.61 Å². The summed E-state index contributed by atoms with van der Waals surface area (Å²) in [6.45, 7) is 8.36. The molecule has 1 aromatic rings. The van der Waals surface area contributed by atoms with Crippen molar-refractivity contribution in [1.82, 2.24) is 4.98 Å². The fraction of sp³-hybridized carbons (Fsp3) is 0.667. The van der Waals surface area contributed by atoms with Crippen LogP contribution >= 0.6 is 0 Å². The smallest absolute Gasteiger partial charge is 0.134 e. The summed E-state index contributed by atoms with van der Waals surface area (Å²) in [7, 11) is 0. The molecule has 1 heterocycles. The molecule has 3 nitrogen and oxygen atoms in total. The number of aliphatic hydroxyl groups is 1. The van der Waals surface area contributed by atoms with Crippen LogP contribution in [0.4, 0.5) is 5.82 Å². The van der Waals surface area contributed by atoms with E-state index in [9.17, 15) is 5.11 Å². The van der Waals surface area contributed by atoms with Gasteiger partial charge in [-0.1, -0.05) is 6.42 Å². The maximum atomic E-state index is 9.57. The molecule has 2 rings (SSSR count). The van der Waals surface area contributed by atoms with Crippen molar-refractivity contribution in [2.75, 3.05) is 18.0 Å². The van der Waals surface area contributed by atoms with Gasteiger partial charge in [-0.15, -0.1) is 0 Å². The van der Waals surface area contributed by atoms with E-state index >= 15 is 0 Å². The SMILES string of the molecule is CCN(CC1CCC1)c1nc(C)cc(C)c1CO. The third kappa shape index (κ3) is 2.66. The highest BCUT2D eigenvalue weighted by atomic mass is 16.3. The van der Waals surface area contributed by atoms with Crippen molar-refractivity contribution in [3.8, 4) is 0 Å². The molecular formula is C15H24N2O. The molecule has 1 fully saturated rings. The highest BCUT2D eigenvalue weighted by Crippen LogP contribution is 2.30. The normalized spacial score (nSPS) is 15.6. The fourth-order valence-corrected chi connectivity index (χ4v) is 2.65. The maximum absolute atomic E-state index is 9.57. The summed E-state index contributed by atoms with van der Waals surface area (Å²) in [4.78, 5) is 6.98. The maximum Gasteiger partial charge on any atom is 0.134 e. The lowest BCUT2D eigenvalue weighted by Crippen LogP contribution is -2.34. The lowest BCUT2D eigenvalue weighted by atomic mass is 9.85. The van der Waals surface area contributed by atoms with Crippen LogP contribution in [0, 0.1) is 19.8 Å². The second-order valence-corrected chi connectivity index (χ2v) is 5.38. The van der Waals surface area contributed by atoms with Gasteiger partial charge in [0.2, 0.25) is 0 Å². The first-order valence-corrected chi connectivity index (χ1v) is 6.98. The zero-order valence-corrected chi connectivity index (χ0v) is 11.7. The van der Waals surface area contributed by atoms with Crippen molar-refractivity contribution in [1.29, 1.82) is 0 Å². The highest BCUT2D eigenvalue weighted by molar-refractivity contribution is 5.51. The average molecular weight is 248 g/mol. The quantitative estimate of drug-likeness (QED) is 0.870. The van der Waals surface area contributed by atoms with Gasteiger partial charge in [0.15, 0.2) is 0 Å². The Morgan fingerprint density at radius 1 is 1.39 bits per heavy atom. The first-order chi connectivity index (χ1) is 8.65. The van der Waals surface area contributed by atoms with Crippen LogP contribution in [0.25, 0.3) is 0 Å². The molecule has 0 atom stereocenters. The number of hydrogen-bond acceptors (Lipinski definition) is 3. The number of anilines is 1. The molecule has 1 saturated carbocycles. The van der Waals surface area contributed by atoms with Crippen LogP contribution in [0.15, 0.2) is 6.07 Å². The fourth-order valence-electron chi connectivity index (χ4n) is 2.65. The van der Waals surface area contributed by atoms with Gasteiger partial charge in [-0.2, -0.15) is 0 Å². The Morgan fingerprint density at radius 3 is 2.61 bits per heavy atom. The molecular weight excluding hydrogens is 224 g/mol. The second kappa shape index (κ2) is 5.70. The second-order valence-electron chi connectivity index (χ2n) is 5.38. The first-order valence-electron chi connectivity index (χ1n) is 6.98. The van der Waals surface area contributed by atoms with Gasteiger partial charge in [0.1, 0.15) is 5.82 Å². The average Bonchev–Trinajstić information content (AvgIpc) is 2.27. The Bertz CT molecular complexity index is 413. The molecule has 0 aliphatic heterocycles. The molecule has 0 bridgehead atoms. The molecule has 100 valence electrons. The van der Waals surface area contributed by atoms with Crippen molar-refractivity contribution < 1.29 is 5.11 Å². The molecule has 0 aromatic carbocycles. The van der Waals surface area contributed by atoms with E-state index in [4.69, 9.17) is 0 Å². The Balaban J connectivity index is 2.27. The van der Waals surface area contributed by atoms with Gasteiger partial charge in [0, 0.05) is 24.3 Å². The van der Waals surface area contributed by atoms with E-state index in [0.717, 1.165) is 41.6 Å². The standard InChI is InChI=1S/C15H24N2O/c1-4-17(9-13-6-5-7-13)15-14(10-18)11(2)8-12(3)16-15/h8,13,18H,4-7,9-10H2,1-3H3. The van der Waals surface area contributed by atoms with Gasteiger partial charge in [-0.05, 0) is 51.2 Å². The molecule has 1 aliphatic rings. The summed E-state index contributed by atoms with van der Waals surface area (Å²) in [5.41, 5.74) is 3.17. The van der Waals surface area contributed by atoms with Gasteiger partial charge >= 0.3 is 0 Å². The van der Waals surface area contributed by atoms with Crippen LogP contribution in [0.2, 0.25) is 0 Å². The minimum absolute atomic E-state index is 0.0790. The summed E-state index contributed by atoms with van der Waals surface area (Å²) in [6, 6.07) is 2.05. The van der Waals surface area contributed by atoms with Gasteiger partial charge in [0.25, 0.3) is 0 Å². The van der Waals surface area contributed by atoms with E-state index in [0.29, 0.717) is 0 Å². The predicted octanol–water partition coefficient (Wildman–Crippen LogP) is 2.82. The number of hydrogen-bond donors (Lipinski definition) is 1. The summed E-state index contributed by atoms with van der Waals surface area (Å²) in [5, 5.41) is 9.57. The van der Waals surface area contributed by atoms with Gasteiger partial charge in [0.05, 0.1) is 6.61 Å². The molecule has 3 heteroatoms. The van der Waals surface area contributed by atoms with E-state index in [2.05, 4.69) is 23.7 Å². The van der Waals surface area contributed by atoms with Crippen molar-refractivity contribution in [2.24, 2.45) is 5.92 Å². The Morgan fingerprint density at radius 2 is 2.11 bits per heavy atom. The molecule has 18 heavy (non-hydrogen) atoms. The lowest BCUT2D eigenvalue weighted by molar-refractivity contribution is 0.279. The number of aliphatic hydroxyl groups excluding tert-OH is 1. The summed E-state index contributed by atoms with van der Waals surface area (Å²) < 4.78 is 0. The van der Waals surface area contributed by atoms with E-state index in [1.165, 1.54) is 19.3 Å². The molecule has 0 saturated heterocycles. The van der Waals surface area contributed by atoms with Crippen molar-refractivity contribution in [3.63, 3.8) is 0 Å². The molecule has 1 aliphatic carbocycles. The molecule has 0 spiro atoms. The van der Waals surface area contributed by atoms with Crippen LogP contribution in [-0.2, 0) is 6.61 Å². The summed E-state index contributed by atoms with van der Waals surface area (Å²) in [5.74, 6) is 1.81. The lowest BCUT2D eigenvalue weighted by Gasteiger charge is -2.33. The van der Waals surface area contributed by atoms with Crippen LogP contribution < -0.4 is 4.90 Å². The van der Waals surface area contributed by atoms with Gasteiger partial charge in [-0.25, -0.2) is 4.98 Å². The zero-order chi connectivity index (χ0) is 13.1. The predicted molar refractivity (Wildman–Crippen MR) is 74.9 cm³/mol. The van der Waals surface area contributed by atoms with Gasteiger partial charge in [-0.3, -0.25) is 0 Å². The largest absolute Gasteiger partial charge is 0.392 e. The number of pyridine rings is 1. The zero-order valence-electron chi connectivity index (χ0n) is 11.7. The van der Waals surface area contributed by atoms with Crippen LogP contribution in [-0.4, -0.2) is 23.2 Å². The minimum Gasteiger partial charge on any atom is -0.392 e. The van der Waals surface area contributed by atoms with E-state index in [1.54, 1.807) is 0 Å². The van der Waals surface area contributed by atoms with Crippen molar-refractivity contribution in [3.05, 3.63) is 22.9 Å². The van der Waals surface area contributed by atoms with E-state index in [1.807, 2.05) is 13.0 Å². The van der Waals surface area contributed by atoms with Crippen molar-refractivity contribution in [2.45, 2.75) is 46.6 Å². The molecule has 0 radical (unpaired) electrons. The molecule has 0 unspecified atom stereocenters. The summed E-state index contributed by atoms with van der Waals surface area (Å²) >= 11 is 0. The molecule has 0 amide bonds. The molecule has 1 aromatic heterocycles. The molecule has 1 N–H and O–H groups in total. The first kappa shape index (κ1) is 13.3. The Hall–Kier alpha value is -1.09. The minimum atomic E-state index is 0.0790. The highest BCUT2D eigenvalue weighted by Gasteiger charge is 2.22. The third-order valence-electron chi connectivity index (χ3n) is 4.00. The van der Waals surface area contributed by atoms with Crippen molar-refractivity contribution >= 4 is 5.82 Å². The number of aryl methyl sites for hydroxylation is 2.